The molecule has 114 valence electrons. The number of rotatable bonds is 4. The number of hydrogen-bond acceptors (Lipinski definition) is 4. The summed E-state index contributed by atoms with van der Waals surface area (Å²) in [6.07, 6.45) is 3.84. The van der Waals surface area contributed by atoms with E-state index >= 15 is 0 Å². The fourth-order valence-electron chi connectivity index (χ4n) is 2.20. The molecular formula is C15H13BrFN3O2. The SMILES string of the molecule is CCn1cc(C(O)c2conc2-c2ccc(F)cc2Br)cn1. The van der Waals surface area contributed by atoms with Crippen molar-refractivity contribution in [3.63, 3.8) is 0 Å². The minimum atomic E-state index is -0.918. The molecule has 3 aromatic rings. The first kappa shape index (κ1) is 14.9. The molecule has 0 radical (unpaired) electrons. The Hall–Kier alpha value is -1.99. The molecule has 0 aliphatic rings. The van der Waals surface area contributed by atoms with Gasteiger partial charge in [-0.25, -0.2) is 4.39 Å². The number of aliphatic hydroxyl groups excluding tert-OH is 1. The molecule has 22 heavy (non-hydrogen) atoms. The zero-order valence-corrected chi connectivity index (χ0v) is 13.3. The van der Waals surface area contributed by atoms with Gasteiger partial charge in [0.2, 0.25) is 0 Å². The fourth-order valence-corrected chi connectivity index (χ4v) is 2.74. The average molecular weight is 366 g/mol. The number of nitrogens with zero attached hydrogens (tertiary/aromatic N) is 3. The summed E-state index contributed by atoms with van der Waals surface area (Å²) in [7, 11) is 0. The molecule has 1 unspecified atom stereocenters. The lowest BCUT2D eigenvalue weighted by Crippen LogP contribution is -2.00. The zero-order valence-electron chi connectivity index (χ0n) is 11.7. The van der Waals surface area contributed by atoms with Crippen LogP contribution in [0.25, 0.3) is 11.3 Å². The Morgan fingerprint density at radius 1 is 1.45 bits per heavy atom. The lowest BCUT2D eigenvalue weighted by Gasteiger charge is -2.09. The van der Waals surface area contributed by atoms with Gasteiger partial charge in [-0.05, 0) is 41.1 Å². The summed E-state index contributed by atoms with van der Waals surface area (Å²) in [6, 6.07) is 4.26. The molecule has 7 heteroatoms. The summed E-state index contributed by atoms with van der Waals surface area (Å²) in [5.74, 6) is -0.356. The van der Waals surface area contributed by atoms with E-state index in [0.29, 0.717) is 33.4 Å². The molecule has 1 N–H and O–H groups in total. The third-order valence-corrected chi connectivity index (χ3v) is 4.03. The van der Waals surface area contributed by atoms with Crippen molar-refractivity contribution < 1.29 is 14.0 Å². The predicted molar refractivity (Wildman–Crippen MR) is 81.6 cm³/mol. The van der Waals surface area contributed by atoms with Crippen LogP contribution in [0.2, 0.25) is 0 Å². The highest BCUT2D eigenvalue weighted by molar-refractivity contribution is 9.10. The first-order valence-electron chi connectivity index (χ1n) is 6.70. The minimum Gasteiger partial charge on any atom is -0.383 e. The Balaban J connectivity index is 2.01. The summed E-state index contributed by atoms with van der Waals surface area (Å²) in [4.78, 5) is 0. The molecule has 3 rings (SSSR count). The van der Waals surface area contributed by atoms with Gasteiger partial charge in [-0.1, -0.05) is 5.16 Å². The van der Waals surface area contributed by atoms with Gasteiger partial charge in [-0.2, -0.15) is 5.10 Å². The van der Waals surface area contributed by atoms with E-state index in [-0.39, 0.29) is 5.82 Å². The predicted octanol–water partition coefficient (Wildman–Crippen LogP) is 3.54. The van der Waals surface area contributed by atoms with Crippen LogP contribution in [-0.2, 0) is 6.54 Å². The van der Waals surface area contributed by atoms with Crippen molar-refractivity contribution >= 4 is 15.9 Å². The monoisotopic (exact) mass is 365 g/mol. The van der Waals surface area contributed by atoms with Gasteiger partial charge < -0.3 is 9.63 Å². The molecule has 0 amide bonds. The average Bonchev–Trinajstić information content (AvgIpc) is 3.15. The van der Waals surface area contributed by atoms with E-state index < -0.39 is 6.10 Å². The Kier molecular flexibility index (Phi) is 4.08. The van der Waals surface area contributed by atoms with Crippen molar-refractivity contribution in [2.75, 3.05) is 0 Å². The normalized spacial score (nSPS) is 12.5. The van der Waals surface area contributed by atoms with Crippen LogP contribution in [0.15, 0.2) is 45.9 Å². The van der Waals surface area contributed by atoms with Crippen LogP contribution in [0.3, 0.4) is 0 Å². The Bertz CT molecular complexity index is 800. The van der Waals surface area contributed by atoms with E-state index in [9.17, 15) is 9.50 Å². The summed E-state index contributed by atoms with van der Waals surface area (Å²) in [5.41, 5.74) is 2.25. The van der Waals surface area contributed by atoms with Crippen LogP contribution < -0.4 is 0 Å². The number of halogens is 2. The van der Waals surface area contributed by atoms with Gasteiger partial charge in [-0.3, -0.25) is 4.68 Å². The first-order valence-corrected chi connectivity index (χ1v) is 7.49. The van der Waals surface area contributed by atoms with Crippen molar-refractivity contribution in [3.8, 4) is 11.3 Å². The number of hydrogen-bond donors (Lipinski definition) is 1. The second-order valence-corrected chi connectivity index (χ2v) is 5.63. The highest BCUT2D eigenvalue weighted by Crippen LogP contribution is 2.35. The van der Waals surface area contributed by atoms with Gasteiger partial charge in [0.05, 0.1) is 11.8 Å². The van der Waals surface area contributed by atoms with Crippen LogP contribution in [0, 0.1) is 5.82 Å². The van der Waals surface area contributed by atoms with Crippen molar-refractivity contribution in [1.82, 2.24) is 14.9 Å². The Morgan fingerprint density at radius 3 is 2.95 bits per heavy atom. The number of benzene rings is 1. The maximum atomic E-state index is 13.2. The molecule has 2 heterocycles. The molecular weight excluding hydrogens is 353 g/mol. The summed E-state index contributed by atoms with van der Waals surface area (Å²) in [5, 5.41) is 18.6. The number of aliphatic hydroxyl groups is 1. The highest BCUT2D eigenvalue weighted by Gasteiger charge is 2.22. The zero-order chi connectivity index (χ0) is 15.7. The molecule has 0 spiro atoms. The fraction of sp³-hybridized carbons (Fsp3) is 0.200. The second-order valence-electron chi connectivity index (χ2n) is 4.77. The van der Waals surface area contributed by atoms with Crippen molar-refractivity contribution in [2.45, 2.75) is 19.6 Å². The number of aromatic nitrogens is 3. The van der Waals surface area contributed by atoms with E-state index in [4.69, 9.17) is 4.52 Å². The van der Waals surface area contributed by atoms with Gasteiger partial charge in [0.15, 0.2) is 0 Å². The van der Waals surface area contributed by atoms with Crippen LogP contribution in [0.4, 0.5) is 4.39 Å². The van der Waals surface area contributed by atoms with E-state index in [1.807, 2.05) is 6.92 Å². The van der Waals surface area contributed by atoms with E-state index in [0.717, 1.165) is 0 Å². The molecule has 1 atom stereocenters. The van der Waals surface area contributed by atoms with Gasteiger partial charge in [0.25, 0.3) is 0 Å². The van der Waals surface area contributed by atoms with Crippen molar-refractivity contribution in [3.05, 3.63) is 58.3 Å². The molecule has 0 saturated carbocycles. The second kappa shape index (κ2) is 6.02. The molecule has 0 saturated heterocycles. The van der Waals surface area contributed by atoms with Crippen molar-refractivity contribution in [1.29, 1.82) is 0 Å². The van der Waals surface area contributed by atoms with Gasteiger partial charge in [0, 0.05) is 28.3 Å². The van der Waals surface area contributed by atoms with Crippen LogP contribution >= 0.6 is 15.9 Å². The third-order valence-electron chi connectivity index (χ3n) is 3.37. The third kappa shape index (κ3) is 2.69. The number of aryl methyl sites for hydroxylation is 1. The lowest BCUT2D eigenvalue weighted by molar-refractivity contribution is 0.219. The highest BCUT2D eigenvalue weighted by atomic mass is 79.9. The quantitative estimate of drug-likeness (QED) is 0.767. The van der Waals surface area contributed by atoms with Crippen LogP contribution in [-0.4, -0.2) is 20.0 Å². The maximum Gasteiger partial charge on any atom is 0.130 e. The first-order chi connectivity index (χ1) is 10.6. The van der Waals surface area contributed by atoms with Gasteiger partial charge in [-0.15, -0.1) is 0 Å². The molecule has 0 aliphatic heterocycles. The van der Waals surface area contributed by atoms with E-state index in [1.54, 1.807) is 23.1 Å². The molecule has 0 bridgehead atoms. The Labute approximate surface area is 134 Å². The summed E-state index contributed by atoms with van der Waals surface area (Å²) in [6.45, 7) is 2.68. The van der Waals surface area contributed by atoms with Gasteiger partial charge >= 0.3 is 0 Å². The largest absolute Gasteiger partial charge is 0.383 e. The van der Waals surface area contributed by atoms with Crippen molar-refractivity contribution in [2.24, 2.45) is 0 Å². The van der Waals surface area contributed by atoms with Crippen LogP contribution in [0.1, 0.15) is 24.2 Å². The van der Waals surface area contributed by atoms with Gasteiger partial charge in [0.1, 0.15) is 23.9 Å². The van der Waals surface area contributed by atoms with E-state index in [1.165, 1.54) is 18.4 Å². The summed E-state index contributed by atoms with van der Waals surface area (Å²) >= 11 is 3.30. The smallest absolute Gasteiger partial charge is 0.130 e. The lowest BCUT2D eigenvalue weighted by atomic mass is 10.0. The molecule has 1 aromatic carbocycles. The molecule has 0 aliphatic carbocycles. The standard InChI is InChI=1S/C15H13BrFN3O2/c1-2-20-7-9(6-18-20)15(21)12-8-22-19-14(12)11-4-3-10(17)5-13(11)16/h3-8,15,21H,2H2,1H3. The molecule has 5 nitrogen and oxygen atoms in total. The summed E-state index contributed by atoms with van der Waals surface area (Å²) < 4.78 is 20.5. The minimum absolute atomic E-state index is 0.356. The molecule has 2 aromatic heterocycles. The topological polar surface area (TPSA) is 64.1 Å². The van der Waals surface area contributed by atoms with E-state index in [2.05, 4.69) is 26.2 Å². The van der Waals surface area contributed by atoms with Crippen LogP contribution in [0.5, 0.6) is 0 Å². The maximum absolute atomic E-state index is 13.2. The molecule has 0 fully saturated rings. The Morgan fingerprint density at radius 2 is 2.27 bits per heavy atom.